The number of piperidine rings is 1. The summed E-state index contributed by atoms with van der Waals surface area (Å²) in [5, 5.41) is 9.17. The average molecular weight is 361 g/mol. The maximum atomic E-state index is 12.1. The molecule has 7 heteroatoms. The Balaban J connectivity index is 1.63. The van der Waals surface area contributed by atoms with Crippen molar-refractivity contribution in [3.8, 4) is 0 Å². The molecule has 0 aromatic carbocycles. The normalized spacial score (nSPS) is 19.2. The molecule has 3 heterocycles. The molecule has 3 rings (SSSR count). The van der Waals surface area contributed by atoms with Crippen LogP contribution in [0.1, 0.15) is 45.1 Å². The quantitative estimate of drug-likeness (QED) is 0.891. The maximum Gasteiger partial charge on any atom is 0.410 e. The molecule has 0 spiro atoms. The zero-order chi connectivity index (χ0) is 18.9. The Morgan fingerprint density at radius 1 is 1.23 bits per heavy atom. The highest BCUT2D eigenvalue weighted by molar-refractivity contribution is 5.71. The van der Waals surface area contributed by atoms with Gasteiger partial charge in [-0.05, 0) is 39.7 Å². The van der Waals surface area contributed by atoms with Gasteiger partial charge in [0.05, 0.1) is 5.92 Å². The van der Waals surface area contributed by atoms with Crippen molar-refractivity contribution in [2.24, 2.45) is 5.92 Å². The Hall–Kier alpha value is -2.31. The monoisotopic (exact) mass is 361 g/mol. The van der Waals surface area contributed by atoms with Gasteiger partial charge in [-0.1, -0.05) is 0 Å². The number of amides is 1. The number of rotatable bonds is 3. The molecule has 1 aromatic rings. The van der Waals surface area contributed by atoms with E-state index in [4.69, 9.17) is 9.84 Å². The van der Waals surface area contributed by atoms with Crippen LogP contribution in [0.15, 0.2) is 18.5 Å². The van der Waals surface area contributed by atoms with E-state index < -0.39 is 11.6 Å². The lowest BCUT2D eigenvalue weighted by Gasteiger charge is -2.42. The second-order valence-electron chi connectivity index (χ2n) is 8.12. The third kappa shape index (κ3) is 4.08. The van der Waals surface area contributed by atoms with E-state index in [9.17, 15) is 9.59 Å². The minimum absolute atomic E-state index is 0.239. The van der Waals surface area contributed by atoms with Crippen LogP contribution in [-0.4, -0.2) is 58.8 Å². The summed E-state index contributed by atoms with van der Waals surface area (Å²) in [4.78, 5) is 31.5. The van der Waals surface area contributed by atoms with Gasteiger partial charge in [-0.2, -0.15) is 0 Å². The van der Waals surface area contributed by atoms with E-state index in [0.29, 0.717) is 25.9 Å². The van der Waals surface area contributed by atoms with Gasteiger partial charge in [-0.25, -0.2) is 4.79 Å². The van der Waals surface area contributed by atoms with Gasteiger partial charge in [0, 0.05) is 55.7 Å². The minimum atomic E-state index is -0.702. The molecule has 1 N–H and O–H groups in total. The SMILES string of the molecule is CC(C)(C)OC(=O)N1CC(c2cnccc2N2CCC(C(=O)O)CC2)C1. The molecule has 0 saturated carbocycles. The number of aliphatic carboxylic acids is 1. The van der Waals surface area contributed by atoms with Crippen molar-refractivity contribution in [2.75, 3.05) is 31.1 Å². The first-order valence-electron chi connectivity index (χ1n) is 9.14. The molecule has 26 heavy (non-hydrogen) atoms. The van der Waals surface area contributed by atoms with Gasteiger partial charge in [0.25, 0.3) is 0 Å². The molecule has 0 atom stereocenters. The Morgan fingerprint density at radius 3 is 2.46 bits per heavy atom. The number of carbonyl (C=O) groups excluding carboxylic acids is 1. The van der Waals surface area contributed by atoms with Crippen molar-refractivity contribution in [3.63, 3.8) is 0 Å². The number of carboxylic acid groups (broad SMARTS) is 1. The summed E-state index contributed by atoms with van der Waals surface area (Å²) in [5.74, 6) is -0.710. The number of carbonyl (C=O) groups is 2. The molecule has 2 aliphatic heterocycles. The fourth-order valence-electron chi connectivity index (χ4n) is 3.52. The number of likely N-dealkylation sites (tertiary alicyclic amines) is 1. The highest BCUT2D eigenvalue weighted by Crippen LogP contribution is 2.35. The minimum Gasteiger partial charge on any atom is -0.481 e. The average Bonchev–Trinajstić information content (AvgIpc) is 2.52. The fourth-order valence-corrected chi connectivity index (χ4v) is 3.52. The van der Waals surface area contributed by atoms with Gasteiger partial charge in [0.15, 0.2) is 0 Å². The Kier molecular flexibility index (Phi) is 5.07. The molecule has 0 bridgehead atoms. The van der Waals surface area contributed by atoms with Gasteiger partial charge in [0.2, 0.25) is 0 Å². The number of anilines is 1. The fraction of sp³-hybridized carbons (Fsp3) is 0.632. The number of carboxylic acids is 1. The van der Waals surface area contributed by atoms with Crippen LogP contribution in [0.3, 0.4) is 0 Å². The topological polar surface area (TPSA) is 83.0 Å². The third-order valence-corrected chi connectivity index (χ3v) is 4.99. The number of ether oxygens (including phenoxy) is 1. The maximum absolute atomic E-state index is 12.1. The lowest BCUT2D eigenvalue weighted by Crippen LogP contribution is -2.50. The van der Waals surface area contributed by atoms with Gasteiger partial charge in [-0.15, -0.1) is 0 Å². The molecule has 142 valence electrons. The van der Waals surface area contributed by atoms with Crippen LogP contribution < -0.4 is 4.90 Å². The van der Waals surface area contributed by atoms with Crippen molar-refractivity contribution >= 4 is 17.7 Å². The van der Waals surface area contributed by atoms with Crippen LogP contribution in [0.25, 0.3) is 0 Å². The Morgan fingerprint density at radius 2 is 1.88 bits per heavy atom. The molecular weight excluding hydrogens is 334 g/mol. The van der Waals surface area contributed by atoms with Crippen LogP contribution >= 0.6 is 0 Å². The first-order chi connectivity index (χ1) is 12.2. The molecule has 0 unspecified atom stereocenters. The van der Waals surface area contributed by atoms with Crippen LogP contribution in [-0.2, 0) is 9.53 Å². The standard InChI is InChI=1S/C19H27N3O4/c1-19(2,3)26-18(25)22-11-14(12-22)15-10-20-7-4-16(15)21-8-5-13(6-9-21)17(23)24/h4,7,10,13-14H,5-6,8-9,11-12H2,1-3H3,(H,23,24). The van der Waals surface area contributed by atoms with E-state index in [1.165, 1.54) is 0 Å². The van der Waals surface area contributed by atoms with E-state index in [1.807, 2.05) is 33.0 Å². The lowest BCUT2D eigenvalue weighted by atomic mass is 9.90. The second-order valence-corrected chi connectivity index (χ2v) is 8.12. The molecule has 0 aliphatic carbocycles. The molecule has 2 saturated heterocycles. The highest BCUT2D eigenvalue weighted by atomic mass is 16.6. The van der Waals surface area contributed by atoms with Crippen molar-refractivity contribution in [1.82, 2.24) is 9.88 Å². The predicted molar refractivity (Wildman–Crippen MR) is 97.4 cm³/mol. The van der Waals surface area contributed by atoms with Gasteiger partial charge < -0.3 is 19.6 Å². The Bertz CT molecular complexity index is 672. The van der Waals surface area contributed by atoms with Crippen LogP contribution in [0.4, 0.5) is 10.5 Å². The van der Waals surface area contributed by atoms with E-state index in [0.717, 1.165) is 24.3 Å². The molecule has 2 aliphatic rings. The summed E-state index contributed by atoms with van der Waals surface area (Å²) in [6, 6.07) is 1.99. The molecule has 2 fully saturated rings. The molecule has 1 amide bonds. The first-order valence-corrected chi connectivity index (χ1v) is 9.14. The summed E-state index contributed by atoms with van der Waals surface area (Å²) < 4.78 is 5.41. The smallest absolute Gasteiger partial charge is 0.410 e. The third-order valence-electron chi connectivity index (χ3n) is 4.99. The number of hydrogen-bond donors (Lipinski definition) is 1. The van der Waals surface area contributed by atoms with Gasteiger partial charge >= 0.3 is 12.1 Å². The van der Waals surface area contributed by atoms with E-state index >= 15 is 0 Å². The van der Waals surface area contributed by atoms with Crippen molar-refractivity contribution in [3.05, 3.63) is 24.0 Å². The number of hydrogen-bond acceptors (Lipinski definition) is 5. The summed E-state index contributed by atoms with van der Waals surface area (Å²) in [6.45, 7) is 8.30. The van der Waals surface area contributed by atoms with Crippen LogP contribution in [0.5, 0.6) is 0 Å². The Labute approximate surface area is 153 Å². The number of nitrogens with zero attached hydrogens (tertiary/aromatic N) is 3. The zero-order valence-corrected chi connectivity index (χ0v) is 15.6. The van der Waals surface area contributed by atoms with Gasteiger partial charge in [0.1, 0.15) is 5.60 Å². The second kappa shape index (κ2) is 7.13. The molecular formula is C19H27N3O4. The summed E-state index contributed by atoms with van der Waals surface area (Å²) in [5.41, 5.74) is 1.74. The number of aromatic nitrogens is 1. The van der Waals surface area contributed by atoms with Crippen molar-refractivity contribution < 1.29 is 19.4 Å². The van der Waals surface area contributed by atoms with Crippen LogP contribution in [0.2, 0.25) is 0 Å². The lowest BCUT2D eigenvalue weighted by molar-refractivity contribution is -0.142. The van der Waals surface area contributed by atoms with E-state index in [1.54, 1.807) is 11.1 Å². The van der Waals surface area contributed by atoms with E-state index in [-0.39, 0.29) is 17.9 Å². The van der Waals surface area contributed by atoms with Gasteiger partial charge in [-0.3, -0.25) is 9.78 Å². The van der Waals surface area contributed by atoms with Crippen molar-refractivity contribution in [1.29, 1.82) is 0 Å². The van der Waals surface area contributed by atoms with Crippen molar-refractivity contribution in [2.45, 2.75) is 45.1 Å². The molecule has 7 nitrogen and oxygen atoms in total. The zero-order valence-electron chi connectivity index (χ0n) is 15.6. The molecule has 1 aromatic heterocycles. The summed E-state index contributed by atoms with van der Waals surface area (Å²) in [6.07, 6.45) is 4.68. The number of pyridine rings is 1. The summed E-state index contributed by atoms with van der Waals surface area (Å²) in [7, 11) is 0. The molecule has 0 radical (unpaired) electrons. The van der Waals surface area contributed by atoms with E-state index in [2.05, 4.69) is 9.88 Å². The summed E-state index contributed by atoms with van der Waals surface area (Å²) >= 11 is 0. The van der Waals surface area contributed by atoms with Crippen LogP contribution in [0, 0.1) is 5.92 Å². The first kappa shape index (κ1) is 18.5. The highest BCUT2D eigenvalue weighted by Gasteiger charge is 2.36. The predicted octanol–water partition coefficient (Wildman–Crippen LogP) is 2.72. The largest absolute Gasteiger partial charge is 0.481 e.